The highest BCUT2D eigenvalue weighted by atomic mass is 127. The van der Waals surface area contributed by atoms with E-state index in [9.17, 15) is 9.59 Å². The standard InChI is InChI=1S/C20H17IN4O2/c1-12-16(19(26)25(22-12)15-7-5-14(21)6-8-15)10-13-4-9-17-18(11-13)24(3)20(27)23(17)2/h4-11H,1-3H3/b16-10+. The largest absolute Gasteiger partial charge is 0.328 e. The molecule has 0 atom stereocenters. The van der Waals surface area contributed by atoms with Gasteiger partial charge in [0.2, 0.25) is 0 Å². The van der Waals surface area contributed by atoms with E-state index in [-0.39, 0.29) is 11.6 Å². The Morgan fingerprint density at radius 2 is 1.63 bits per heavy atom. The molecule has 3 aromatic rings. The average Bonchev–Trinajstić information content (AvgIpc) is 3.05. The summed E-state index contributed by atoms with van der Waals surface area (Å²) < 4.78 is 4.31. The smallest absolute Gasteiger partial charge is 0.295 e. The number of fused-ring (bicyclic) bond motifs is 1. The number of imidazole rings is 1. The molecular weight excluding hydrogens is 455 g/mol. The molecule has 2 aromatic carbocycles. The van der Waals surface area contributed by atoms with Crippen molar-refractivity contribution < 1.29 is 4.79 Å². The van der Waals surface area contributed by atoms with Crippen molar-refractivity contribution in [2.45, 2.75) is 6.92 Å². The second-order valence-electron chi connectivity index (χ2n) is 6.49. The topological polar surface area (TPSA) is 59.6 Å². The number of carbonyl (C=O) groups excluding carboxylic acids is 1. The van der Waals surface area contributed by atoms with E-state index in [2.05, 4.69) is 27.7 Å². The molecule has 0 aliphatic carbocycles. The first-order valence-corrected chi connectivity index (χ1v) is 9.47. The van der Waals surface area contributed by atoms with Crippen molar-refractivity contribution in [3.63, 3.8) is 0 Å². The van der Waals surface area contributed by atoms with Crippen LogP contribution in [0.5, 0.6) is 0 Å². The normalized spacial score (nSPS) is 15.9. The lowest BCUT2D eigenvalue weighted by atomic mass is 10.1. The Hall–Kier alpha value is -2.68. The van der Waals surface area contributed by atoms with E-state index in [0.717, 1.165) is 25.9 Å². The van der Waals surface area contributed by atoms with Gasteiger partial charge in [-0.15, -0.1) is 0 Å². The Kier molecular flexibility index (Phi) is 4.26. The zero-order valence-electron chi connectivity index (χ0n) is 15.1. The summed E-state index contributed by atoms with van der Waals surface area (Å²) in [6.45, 7) is 1.83. The van der Waals surface area contributed by atoms with Gasteiger partial charge in [0, 0.05) is 17.7 Å². The molecule has 136 valence electrons. The van der Waals surface area contributed by atoms with Crippen LogP contribution in [0.25, 0.3) is 17.1 Å². The van der Waals surface area contributed by atoms with Crippen LogP contribution in [-0.2, 0) is 18.9 Å². The Morgan fingerprint density at radius 3 is 2.33 bits per heavy atom. The van der Waals surface area contributed by atoms with Gasteiger partial charge in [-0.05, 0) is 77.6 Å². The lowest BCUT2D eigenvalue weighted by Gasteiger charge is -2.11. The Bertz CT molecular complexity index is 1200. The fourth-order valence-corrected chi connectivity index (χ4v) is 3.58. The number of carbonyl (C=O) groups is 1. The molecule has 2 heterocycles. The SMILES string of the molecule is CC1=NN(c2ccc(I)cc2)C(=O)/C1=C/c1ccc2c(c1)n(C)c(=O)n2C. The number of benzene rings is 2. The maximum Gasteiger partial charge on any atom is 0.328 e. The molecule has 6 nitrogen and oxygen atoms in total. The molecule has 27 heavy (non-hydrogen) atoms. The summed E-state index contributed by atoms with van der Waals surface area (Å²) in [6.07, 6.45) is 1.82. The number of amides is 1. The van der Waals surface area contributed by atoms with E-state index in [1.165, 1.54) is 5.01 Å². The zero-order chi connectivity index (χ0) is 19.3. The molecule has 7 heteroatoms. The van der Waals surface area contributed by atoms with Crippen molar-refractivity contribution in [3.05, 3.63) is 67.7 Å². The minimum atomic E-state index is -0.157. The predicted octanol–water partition coefficient (Wildman–Crippen LogP) is 3.29. The molecule has 1 aliphatic heterocycles. The van der Waals surface area contributed by atoms with Crippen LogP contribution < -0.4 is 10.7 Å². The number of hydrogen-bond donors (Lipinski definition) is 0. The number of aromatic nitrogens is 2. The van der Waals surface area contributed by atoms with Crippen molar-refractivity contribution in [3.8, 4) is 0 Å². The summed E-state index contributed by atoms with van der Waals surface area (Å²) in [5, 5.41) is 5.84. The molecule has 0 radical (unpaired) electrons. The predicted molar refractivity (Wildman–Crippen MR) is 116 cm³/mol. The first-order chi connectivity index (χ1) is 12.9. The maximum absolute atomic E-state index is 12.9. The highest BCUT2D eigenvalue weighted by Gasteiger charge is 2.28. The van der Waals surface area contributed by atoms with Gasteiger partial charge in [-0.1, -0.05) is 6.07 Å². The van der Waals surface area contributed by atoms with Crippen LogP contribution in [0.1, 0.15) is 12.5 Å². The van der Waals surface area contributed by atoms with Crippen molar-refractivity contribution in [2.24, 2.45) is 19.2 Å². The van der Waals surface area contributed by atoms with Gasteiger partial charge in [-0.25, -0.2) is 4.79 Å². The number of halogens is 1. The van der Waals surface area contributed by atoms with Gasteiger partial charge >= 0.3 is 5.69 Å². The van der Waals surface area contributed by atoms with Crippen LogP contribution in [0.15, 0.2) is 57.9 Å². The average molecular weight is 472 g/mol. The minimum Gasteiger partial charge on any atom is -0.295 e. The quantitative estimate of drug-likeness (QED) is 0.425. The minimum absolute atomic E-state index is 0.0747. The Labute approximate surface area is 169 Å². The van der Waals surface area contributed by atoms with E-state index in [0.29, 0.717) is 11.3 Å². The zero-order valence-corrected chi connectivity index (χ0v) is 17.3. The first kappa shape index (κ1) is 17.7. The number of rotatable bonds is 2. The summed E-state index contributed by atoms with van der Waals surface area (Å²) in [4.78, 5) is 25.0. The maximum atomic E-state index is 12.9. The van der Waals surface area contributed by atoms with Crippen LogP contribution >= 0.6 is 22.6 Å². The molecule has 1 aliphatic rings. The van der Waals surface area contributed by atoms with Crippen LogP contribution in [0.3, 0.4) is 0 Å². The molecule has 1 amide bonds. The van der Waals surface area contributed by atoms with Gasteiger partial charge in [0.1, 0.15) is 0 Å². The van der Waals surface area contributed by atoms with Gasteiger partial charge in [0.05, 0.1) is 28.0 Å². The lowest BCUT2D eigenvalue weighted by molar-refractivity contribution is -0.114. The summed E-state index contributed by atoms with van der Waals surface area (Å²) in [7, 11) is 3.49. The van der Waals surface area contributed by atoms with Crippen LogP contribution in [-0.4, -0.2) is 20.8 Å². The highest BCUT2D eigenvalue weighted by molar-refractivity contribution is 14.1. The van der Waals surface area contributed by atoms with Gasteiger partial charge in [-0.3, -0.25) is 13.9 Å². The van der Waals surface area contributed by atoms with Gasteiger partial charge in [-0.2, -0.15) is 10.1 Å². The van der Waals surface area contributed by atoms with Gasteiger partial charge < -0.3 is 0 Å². The molecule has 0 bridgehead atoms. The van der Waals surface area contributed by atoms with Crippen molar-refractivity contribution >= 4 is 57.0 Å². The Morgan fingerprint density at radius 1 is 0.963 bits per heavy atom. The van der Waals surface area contributed by atoms with E-state index >= 15 is 0 Å². The summed E-state index contributed by atoms with van der Waals surface area (Å²) in [5.74, 6) is -0.157. The second-order valence-corrected chi connectivity index (χ2v) is 7.73. The number of nitrogens with zero attached hydrogens (tertiary/aromatic N) is 4. The van der Waals surface area contributed by atoms with Crippen molar-refractivity contribution in [1.29, 1.82) is 0 Å². The monoisotopic (exact) mass is 472 g/mol. The van der Waals surface area contributed by atoms with E-state index in [1.807, 2.05) is 55.5 Å². The van der Waals surface area contributed by atoms with Crippen molar-refractivity contribution in [1.82, 2.24) is 9.13 Å². The van der Waals surface area contributed by atoms with Crippen LogP contribution in [0, 0.1) is 3.57 Å². The first-order valence-electron chi connectivity index (χ1n) is 8.39. The third kappa shape index (κ3) is 2.91. The number of hydrazone groups is 1. The highest BCUT2D eigenvalue weighted by Crippen LogP contribution is 2.26. The Balaban J connectivity index is 1.74. The third-order valence-electron chi connectivity index (χ3n) is 4.74. The number of hydrogen-bond acceptors (Lipinski definition) is 3. The molecule has 0 saturated carbocycles. The van der Waals surface area contributed by atoms with E-state index in [4.69, 9.17) is 0 Å². The molecular formula is C20H17IN4O2. The third-order valence-corrected chi connectivity index (χ3v) is 5.46. The van der Waals surface area contributed by atoms with Crippen molar-refractivity contribution in [2.75, 3.05) is 5.01 Å². The summed E-state index contributed by atoms with van der Waals surface area (Å²) in [6, 6.07) is 13.4. The molecule has 0 saturated heterocycles. The molecule has 4 rings (SSSR count). The van der Waals surface area contributed by atoms with E-state index in [1.54, 1.807) is 23.2 Å². The second kappa shape index (κ2) is 6.49. The molecule has 0 unspecified atom stereocenters. The van der Waals surface area contributed by atoms with Gasteiger partial charge in [0.25, 0.3) is 5.91 Å². The van der Waals surface area contributed by atoms with E-state index < -0.39 is 0 Å². The van der Waals surface area contributed by atoms with Crippen LogP contribution in [0.2, 0.25) is 0 Å². The molecule has 0 N–H and O–H groups in total. The fourth-order valence-electron chi connectivity index (χ4n) is 3.22. The molecule has 0 fully saturated rings. The summed E-state index contributed by atoms with van der Waals surface area (Å²) >= 11 is 2.22. The number of anilines is 1. The lowest BCUT2D eigenvalue weighted by Crippen LogP contribution is -2.21. The molecule has 1 aromatic heterocycles. The fraction of sp³-hybridized carbons (Fsp3) is 0.150. The number of aryl methyl sites for hydroxylation is 2. The van der Waals surface area contributed by atoms with Gasteiger partial charge in [0.15, 0.2) is 0 Å². The summed E-state index contributed by atoms with van der Waals surface area (Å²) in [5.41, 5.74) is 4.42. The van der Waals surface area contributed by atoms with Crippen LogP contribution in [0.4, 0.5) is 5.69 Å². The molecule has 0 spiro atoms.